The van der Waals surface area contributed by atoms with Crippen LogP contribution in [-0.2, 0) is 9.53 Å². The molecule has 1 aromatic heterocycles. The average Bonchev–Trinajstić information content (AvgIpc) is 2.78. The number of esters is 1. The van der Waals surface area contributed by atoms with Gasteiger partial charge in [0.05, 0.1) is 12.9 Å². The number of rotatable bonds is 5. The fraction of sp³-hybridized carbons (Fsp3) is 0.167. The summed E-state index contributed by atoms with van der Waals surface area (Å²) in [5, 5.41) is 0. The molecule has 0 saturated carbocycles. The van der Waals surface area contributed by atoms with Crippen molar-refractivity contribution in [3.63, 3.8) is 0 Å². The van der Waals surface area contributed by atoms with Crippen molar-refractivity contribution in [3.05, 3.63) is 48.5 Å². The van der Waals surface area contributed by atoms with Gasteiger partial charge in [-0.1, -0.05) is 12.2 Å². The van der Waals surface area contributed by atoms with E-state index >= 15 is 0 Å². The maximum absolute atomic E-state index is 11.3. The molecule has 1 aromatic rings. The molecule has 0 unspecified atom stereocenters. The molecule has 0 saturated heterocycles. The van der Waals surface area contributed by atoms with E-state index in [2.05, 4.69) is 4.74 Å². The second-order valence-electron chi connectivity index (χ2n) is 2.81. The molecule has 0 fully saturated rings. The van der Waals surface area contributed by atoms with Crippen molar-refractivity contribution in [2.45, 2.75) is 6.92 Å². The van der Waals surface area contributed by atoms with Gasteiger partial charge in [-0.3, -0.25) is 4.79 Å². The third-order valence-electron chi connectivity index (χ3n) is 1.64. The minimum absolute atomic E-state index is 0.251. The van der Waals surface area contributed by atoms with E-state index in [1.807, 2.05) is 0 Å². The van der Waals surface area contributed by atoms with Crippen LogP contribution in [-0.4, -0.2) is 18.4 Å². The fourth-order valence-corrected chi connectivity index (χ4v) is 0.968. The van der Waals surface area contributed by atoms with Crippen molar-refractivity contribution in [1.29, 1.82) is 0 Å². The van der Waals surface area contributed by atoms with Gasteiger partial charge in [-0.05, 0) is 25.1 Å². The Morgan fingerprint density at radius 3 is 2.75 bits per heavy atom. The van der Waals surface area contributed by atoms with E-state index in [0.29, 0.717) is 6.61 Å². The van der Waals surface area contributed by atoms with Gasteiger partial charge in [-0.2, -0.15) is 0 Å². The van der Waals surface area contributed by atoms with E-state index in [-0.39, 0.29) is 11.5 Å². The summed E-state index contributed by atoms with van der Waals surface area (Å²) in [7, 11) is 0. The normalized spacial score (nSPS) is 11.1. The van der Waals surface area contributed by atoms with Gasteiger partial charge < -0.3 is 9.15 Å². The van der Waals surface area contributed by atoms with Crippen LogP contribution in [0.15, 0.2) is 47.1 Å². The summed E-state index contributed by atoms with van der Waals surface area (Å²) in [4.78, 5) is 22.2. The zero-order valence-corrected chi connectivity index (χ0v) is 8.88. The largest absolute Gasteiger partial charge is 0.463 e. The van der Waals surface area contributed by atoms with Crippen molar-refractivity contribution in [3.8, 4) is 0 Å². The molecule has 16 heavy (non-hydrogen) atoms. The van der Waals surface area contributed by atoms with Crippen molar-refractivity contribution < 1.29 is 18.7 Å². The maximum atomic E-state index is 11.3. The summed E-state index contributed by atoms with van der Waals surface area (Å²) in [6.07, 6.45) is 6.89. The Bertz CT molecular complexity index is 399. The second kappa shape index (κ2) is 6.40. The summed E-state index contributed by atoms with van der Waals surface area (Å²) in [5.74, 6) is -0.420. The number of ketones is 1. The van der Waals surface area contributed by atoms with E-state index in [4.69, 9.17) is 4.42 Å². The topological polar surface area (TPSA) is 56.5 Å². The van der Waals surface area contributed by atoms with Gasteiger partial charge in [0, 0.05) is 6.08 Å². The zero-order chi connectivity index (χ0) is 11.8. The zero-order valence-electron chi connectivity index (χ0n) is 8.88. The van der Waals surface area contributed by atoms with Crippen LogP contribution < -0.4 is 0 Å². The lowest BCUT2D eigenvalue weighted by Gasteiger charge is -1.92. The Morgan fingerprint density at radius 1 is 1.38 bits per heavy atom. The molecule has 4 heteroatoms. The molecule has 4 nitrogen and oxygen atoms in total. The SMILES string of the molecule is CCOC(=O)C=CC=CC(=O)c1ccco1. The standard InChI is InChI=1S/C12H12O4/c1-2-15-12(14)8-4-3-6-10(13)11-7-5-9-16-11/h3-9H,2H2,1H3. The lowest BCUT2D eigenvalue weighted by atomic mass is 10.3. The predicted octanol–water partition coefficient (Wildman–Crippen LogP) is 2.14. The molecule has 0 spiro atoms. The number of hydrogen-bond donors (Lipinski definition) is 0. The fourth-order valence-electron chi connectivity index (χ4n) is 0.968. The van der Waals surface area contributed by atoms with E-state index < -0.39 is 5.97 Å². The number of ether oxygens (including phenoxy) is 1. The van der Waals surface area contributed by atoms with E-state index in [0.717, 1.165) is 0 Å². The van der Waals surface area contributed by atoms with Crippen molar-refractivity contribution in [1.82, 2.24) is 0 Å². The summed E-state index contributed by atoms with van der Waals surface area (Å²) in [5.41, 5.74) is 0. The summed E-state index contributed by atoms with van der Waals surface area (Å²) >= 11 is 0. The Labute approximate surface area is 93.2 Å². The molecular weight excluding hydrogens is 208 g/mol. The van der Waals surface area contributed by atoms with Gasteiger partial charge in [0.25, 0.3) is 0 Å². The van der Waals surface area contributed by atoms with Crippen molar-refractivity contribution >= 4 is 11.8 Å². The van der Waals surface area contributed by atoms with Gasteiger partial charge in [-0.15, -0.1) is 0 Å². The average molecular weight is 220 g/mol. The van der Waals surface area contributed by atoms with Crippen LogP contribution in [0.25, 0.3) is 0 Å². The van der Waals surface area contributed by atoms with Crippen LogP contribution in [0.5, 0.6) is 0 Å². The smallest absolute Gasteiger partial charge is 0.330 e. The quantitative estimate of drug-likeness (QED) is 0.330. The molecule has 0 N–H and O–H groups in total. The number of furan rings is 1. The highest BCUT2D eigenvalue weighted by atomic mass is 16.5. The van der Waals surface area contributed by atoms with Crippen LogP contribution in [0, 0.1) is 0 Å². The highest BCUT2D eigenvalue weighted by Crippen LogP contribution is 2.01. The number of hydrogen-bond acceptors (Lipinski definition) is 4. The Hall–Kier alpha value is -2.10. The molecule has 0 bridgehead atoms. The number of carbonyl (C=O) groups is 2. The Balaban J connectivity index is 2.43. The maximum Gasteiger partial charge on any atom is 0.330 e. The highest BCUT2D eigenvalue weighted by Gasteiger charge is 2.02. The third kappa shape index (κ3) is 3.96. The summed E-state index contributed by atoms with van der Waals surface area (Å²) in [6, 6.07) is 3.21. The molecule has 0 aliphatic carbocycles. The van der Waals surface area contributed by atoms with Gasteiger partial charge in [0.15, 0.2) is 5.76 Å². The monoisotopic (exact) mass is 220 g/mol. The van der Waals surface area contributed by atoms with Crippen molar-refractivity contribution in [2.24, 2.45) is 0 Å². The van der Waals surface area contributed by atoms with E-state index in [1.54, 1.807) is 19.1 Å². The van der Waals surface area contributed by atoms with Gasteiger partial charge >= 0.3 is 5.97 Å². The molecule has 0 atom stereocenters. The number of carbonyl (C=O) groups excluding carboxylic acids is 2. The lowest BCUT2D eigenvalue weighted by Crippen LogP contribution is -1.98. The first-order chi connectivity index (χ1) is 7.74. The molecule has 0 aromatic carbocycles. The molecule has 0 aliphatic heterocycles. The minimum atomic E-state index is -0.433. The van der Waals surface area contributed by atoms with Gasteiger partial charge in [0.1, 0.15) is 0 Å². The lowest BCUT2D eigenvalue weighted by molar-refractivity contribution is -0.137. The van der Waals surface area contributed by atoms with Crippen LogP contribution in [0.2, 0.25) is 0 Å². The van der Waals surface area contributed by atoms with Crippen molar-refractivity contribution in [2.75, 3.05) is 6.61 Å². The molecule has 1 heterocycles. The summed E-state index contributed by atoms with van der Waals surface area (Å²) < 4.78 is 9.55. The Morgan fingerprint density at radius 2 is 2.12 bits per heavy atom. The first-order valence-corrected chi connectivity index (χ1v) is 4.83. The second-order valence-corrected chi connectivity index (χ2v) is 2.81. The van der Waals surface area contributed by atoms with Crippen LogP contribution >= 0.6 is 0 Å². The third-order valence-corrected chi connectivity index (χ3v) is 1.64. The molecular formula is C12H12O4. The first kappa shape index (κ1) is 12.0. The van der Waals surface area contributed by atoms with Gasteiger partial charge in [-0.25, -0.2) is 4.79 Å². The summed E-state index contributed by atoms with van der Waals surface area (Å²) in [6.45, 7) is 2.06. The minimum Gasteiger partial charge on any atom is -0.463 e. The molecule has 0 radical (unpaired) electrons. The predicted molar refractivity (Wildman–Crippen MR) is 58.0 cm³/mol. The first-order valence-electron chi connectivity index (χ1n) is 4.83. The molecule has 84 valence electrons. The van der Waals surface area contributed by atoms with Crippen LogP contribution in [0.3, 0.4) is 0 Å². The molecule has 0 amide bonds. The van der Waals surface area contributed by atoms with Crippen LogP contribution in [0.1, 0.15) is 17.5 Å². The van der Waals surface area contributed by atoms with E-state index in [1.165, 1.54) is 30.6 Å². The Kier molecular flexibility index (Phi) is 4.79. The van der Waals surface area contributed by atoms with Crippen LogP contribution in [0.4, 0.5) is 0 Å². The molecule has 0 aliphatic rings. The molecule has 1 rings (SSSR count). The number of allylic oxidation sites excluding steroid dienone is 3. The highest BCUT2D eigenvalue weighted by molar-refractivity contribution is 6.02. The van der Waals surface area contributed by atoms with E-state index in [9.17, 15) is 9.59 Å². The van der Waals surface area contributed by atoms with Gasteiger partial charge in [0.2, 0.25) is 5.78 Å².